The van der Waals surface area contributed by atoms with Crippen molar-refractivity contribution in [2.24, 2.45) is 11.7 Å². The van der Waals surface area contributed by atoms with Crippen LogP contribution in [0, 0.1) is 5.92 Å². The summed E-state index contributed by atoms with van der Waals surface area (Å²) in [6, 6.07) is 7.38. The van der Waals surface area contributed by atoms with E-state index in [1.165, 1.54) is 5.56 Å². The molecule has 88 valence electrons. The van der Waals surface area contributed by atoms with Crippen molar-refractivity contribution < 1.29 is 4.79 Å². The van der Waals surface area contributed by atoms with Gasteiger partial charge >= 0.3 is 0 Å². The lowest BCUT2D eigenvalue weighted by Gasteiger charge is -2.13. The molecule has 2 heteroatoms. The minimum absolute atomic E-state index is 0.0593. The van der Waals surface area contributed by atoms with Crippen molar-refractivity contribution in [3.05, 3.63) is 35.4 Å². The standard InChI is InChI=1S/C14H21NO/c1-4-11-6-5-7-12(9-11)14(16)13(15)8-10(2)3/h5-7,9-10,13H,4,8,15H2,1-3H3. The highest BCUT2D eigenvalue weighted by molar-refractivity contribution is 6.00. The zero-order valence-electron chi connectivity index (χ0n) is 10.4. The van der Waals surface area contributed by atoms with E-state index in [1.807, 2.05) is 24.3 Å². The Balaban J connectivity index is 2.79. The van der Waals surface area contributed by atoms with Crippen molar-refractivity contribution in [3.8, 4) is 0 Å². The Labute approximate surface area is 97.9 Å². The molecule has 0 saturated heterocycles. The van der Waals surface area contributed by atoms with Crippen molar-refractivity contribution >= 4 is 5.78 Å². The summed E-state index contributed by atoms with van der Waals surface area (Å²) in [6.07, 6.45) is 1.69. The topological polar surface area (TPSA) is 43.1 Å². The number of hydrogen-bond acceptors (Lipinski definition) is 2. The molecule has 0 aliphatic heterocycles. The number of Topliss-reactive ketones (excluding diaryl/α,β-unsaturated/α-hetero) is 1. The van der Waals surface area contributed by atoms with Gasteiger partial charge in [0.1, 0.15) is 0 Å². The third-order valence-corrected chi connectivity index (χ3v) is 2.68. The minimum atomic E-state index is -0.368. The summed E-state index contributed by atoms with van der Waals surface area (Å²) in [4.78, 5) is 12.0. The molecule has 1 atom stereocenters. The average molecular weight is 219 g/mol. The van der Waals surface area contributed by atoms with Crippen LogP contribution in [0.25, 0.3) is 0 Å². The molecule has 1 aromatic rings. The third kappa shape index (κ3) is 3.46. The summed E-state index contributed by atoms with van der Waals surface area (Å²) in [7, 11) is 0. The second kappa shape index (κ2) is 5.80. The van der Waals surface area contributed by atoms with Crippen molar-refractivity contribution in [2.45, 2.75) is 39.7 Å². The highest BCUT2D eigenvalue weighted by atomic mass is 16.1. The maximum absolute atomic E-state index is 12.0. The normalized spacial score (nSPS) is 12.8. The molecule has 0 aromatic heterocycles. The Morgan fingerprint density at radius 2 is 2.06 bits per heavy atom. The summed E-state index contributed by atoms with van der Waals surface area (Å²) in [6.45, 7) is 6.24. The summed E-state index contributed by atoms with van der Waals surface area (Å²) in [5.41, 5.74) is 7.82. The van der Waals surface area contributed by atoms with Crippen LogP contribution in [-0.4, -0.2) is 11.8 Å². The highest BCUT2D eigenvalue weighted by Crippen LogP contribution is 2.11. The monoisotopic (exact) mass is 219 g/mol. The van der Waals surface area contributed by atoms with Crippen molar-refractivity contribution in [2.75, 3.05) is 0 Å². The maximum atomic E-state index is 12.0. The minimum Gasteiger partial charge on any atom is -0.321 e. The number of aryl methyl sites for hydroxylation is 1. The first-order valence-electron chi connectivity index (χ1n) is 5.93. The predicted octanol–water partition coefficient (Wildman–Crippen LogP) is 2.81. The van der Waals surface area contributed by atoms with E-state index in [0.717, 1.165) is 18.4 Å². The molecule has 0 bridgehead atoms. The van der Waals surface area contributed by atoms with Crippen LogP contribution in [0.2, 0.25) is 0 Å². The molecule has 0 saturated carbocycles. The second-order valence-electron chi connectivity index (χ2n) is 4.65. The molecule has 0 aliphatic rings. The van der Waals surface area contributed by atoms with Gasteiger partial charge in [-0.15, -0.1) is 0 Å². The molecule has 0 spiro atoms. The number of benzene rings is 1. The van der Waals surface area contributed by atoms with Crippen LogP contribution in [0.3, 0.4) is 0 Å². The van der Waals surface area contributed by atoms with Gasteiger partial charge in [-0.2, -0.15) is 0 Å². The summed E-state index contributed by atoms with van der Waals surface area (Å²) in [5, 5.41) is 0. The van der Waals surface area contributed by atoms with Crippen LogP contribution in [0.4, 0.5) is 0 Å². The number of carbonyl (C=O) groups is 1. The number of nitrogens with two attached hydrogens (primary N) is 1. The van der Waals surface area contributed by atoms with E-state index < -0.39 is 0 Å². The molecule has 16 heavy (non-hydrogen) atoms. The molecule has 0 fully saturated rings. The quantitative estimate of drug-likeness (QED) is 0.774. The lowest BCUT2D eigenvalue weighted by atomic mass is 9.95. The Morgan fingerprint density at radius 3 is 2.62 bits per heavy atom. The molecule has 2 nitrogen and oxygen atoms in total. The van der Waals surface area contributed by atoms with Gasteiger partial charge in [-0.3, -0.25) is 4.79 Å². The van der Waals surface area contributed by atoms with Crippen molar-refractivity contribution in [3.63, 3.8) is 0 Å². The van der Waals surface area contributed by atoms with E-state index in [2.05, 4.69) is 20.8 Å². The number of hydrogen-bond donors (Lipinski definition) is 1. The van der Waals surface area contributed by atoms with Gasteiger partial charge < -0.3 is 5.73 Å². The smallest absolute Gasteiger partial charge is 0.179 e. The van der Waals surface area contributed by atoms with Crippen LogP contribution in [0.1, 0.15) is 43.1 Å². The van der Waals surface area contributed by atoms with Crippen molar-refractivity contribution in [1.29, 1.82) is 0 Å². The number of rotatable bonds is 5. The zero-order chi connectivity index (χ0) is 12.1. The average Bonchev–Trinajstić information content (AvgIpc) is 2.27. The Kier molecular flexibility index (Phi) is 4.69. The molecule has 1 rings (SSSR count). The fourth-order valence-corrected chi connectivity index (χ4v) is 1.77. The fourth-order valence-electron chi connectivity index (χ4n) is 1.77. The Bertz CT molecular complexity index is 358. The van der Waals surface area contributed by atoms with Gasteiger partial charge in [-0.25, -0.2) is 0 Å². The lowest BCUT2D eigenvalue weighted by molar-refractivity contribution is 0.0951. The second-order valence-corrected chi connectivity index (χ2v) is 4.65. The Morgan fingerprint density at radius 1 is 1.38 bits per heavy atom. The molecular formula is C14H21NO. The van der Waals surface area contributed by atoms with Gasteiger partial charge in [0, 0.05) is 5.56 Å². The molecular weight excluding hydrogens is 198 g/mol. The van der Waals surface area contributed by atoms with E-state index in [4.69, 9.17) is 5.73 Å². The fraction of sp³-hybridized carbons (Fsp3) is 0.500. The maximum Gasteiger partial charge on any atom is 0.179 e. The molecule has 0 amide bonds. The lowest BCUT2D eigenvalue weighted by Crippen LogP contribution is -2.31. The van der Waals surface area contributed by atoms with Crippen molar-refractivity contribution in [1.82, 2.24) is 0 Å². The van der Waals surface area contributed by atoms with Gasteiger partial charge in [0.25, 0.3) is 0 Å². The van der Waals surface area contributed by atoms with Crippen LogP contribution < -0.4 is 5.73 Å². The molecule has 0 aliphatic carbocycles. The highest BCUT2D eigenvalue weighted by Gasteiger charge is 2.16. The largest absolute Gasteiger partial charge is 0.321 e. The molecule has 1 aromatic carbocycles. The van der Waals surface area contributed by atoms with Gasteiger partial charge in [0.15, 0.2) is 5.78 Å². The summed E-state index contributed by atoms with van der Waals surface area (Å²) in [5.74, 6) is 0.511. The summed E-state index contributed by atoms with van der Waals surface area (Å²) >= 11 is 0. The molecule has 1 unspecified atom stereocenters. The predicted molar refractivity (Wildman–Crippen MR) is 67.6 cm³/mol. The third-order valence-electron chi connectivity index (χ3n) is 2.68. The van der Waals surface area contributed by atoms with E-state index in [9.17, 15) is 4.79 Å². The molecule has 0 radical (unpaired) electrons. The van der Waals surface area contributed by atoms with Gasteiger partial charge in [-0.1, -0.05) is 39.0 Å². The van der Waals surface area contributed by atoms with Gasteiger partial charge in [0.05, 0.1) is 6.04 Å². The zero-order valence-corrected chi connectivity index (χ0v) is 10.4. The SMILES string of the molecule is CCc1cccc(C(=O)C(N)CC(C)C)c1. The van der Waals surface area contributed by atoms with Gasteiger partial charge in [-0.05, 0) is 30.4 Å². The van der Waals surface area contributed by atoms with E-state index in [0.29, 0.717) is 5.92 Å². The van der Waals surface area contributed by atoms with Gasteiger partial charge in [0.2, 0.25) is 0 Å². The Hall–Kier alpha value is -1.15. The molecule has 2 N–H and O–H groups in total. The van der Waals surface area contributed by atoms with Crippen LogP contribution in [0.5, 0.6) is 0 Å². The number of ketones is 1. The van der Waals surface area contributed by atoms with Crippen LogP contribution in [-0.2, 0) is 6.42 Å². The molecule has 0 heterocycles. The number of carbonyl (C=O) groups excluding carboxylic acids is 1. The van der Waals surface area contributed by atoms with Crippen LogP contribution >= 0.6 is 0 Å². The van der Waals surface area contributed by atoms with E-state index >= 15 is 0 Å². The first kappa shape index (κ1) is 12.9. The first-order chi connectivity index (χ1) is 7.54. The summed E-state index contributed by atoms with van der Waals surface area (Å²) < 4.78 is 0. The first-order valence-corrected chi connectivity index (χ1v) is 5.93. The van der Waals surface area contributed by atoms with E-state index in [-0.39, 0.29) is 11.8 Å². The van der Waals surface area contributed by atoms with E-state index in [1.54, 1.807) is 0 Å². The van der Waals surface area contributed by atoms with Crippen LogP contribution in [0.15, 0.2) is 24.3 Å².